The van der Waals surface area contributed by atoms with Crippen LogP contribution in [0.4, 0.5) is 14.5 Å². The fourth-order valence-corrected chi connectivity index (χ4v) is 3.47. The van der Waals surface area contributed by atoms with E-state index in [4.69, 9.17) is 0 Å². The first-order valence-corrected chi connectivity index (χ1v) is 9.83. The van der Waals surface area contributed by atoms with E-state index in [0.717, 1.165) is 18.4 Å². The molecule has 0 atom stereocenters. The standard InChI is InChI=1S/C14H13F2NO5S2/c1-23(18,19)12-6-8-13(9-7-12)24(20,21)17-10-2-4-11(5-3-10)22-14(15)16/h2-9,14,17H,1H3. The number of benzene rings is 2. The SMILES string of the molecule is CS(=O)(=O)c1ccc(S(=O)(=O)Nc2ccc(OC(F)F)cc2)cc1. The van der Waals surface area contributed by atoms with Gasteiger partial charge in [-0.2, -0.15) is 8.78 Å². The van der Waals surface area contributed by atoms with Gasteiger partial charge in [0.2, 0.25) is 0 Å². The van der Waals surface area contributed by atoms with E-state index in [1.54, 1.807) is 0 Å². The third-order valence-corrected chi connectivity index (χ3v) is 5.42. The van der Waals surface area contributed by atoms with Crippen LogP contribution in [0.1, 0.15) is 0 Å². The maximum atomic E-state index is 12.2. The van der Waals surface area contributed by atoms with Gasteiger partial charge >= 0.3 is 6.61 Å². The molecule has 0 fully saturated rings. The Labute approximate surface area is 138 Å². The van der Waals surface area contributed by atoms with Gasteiger partial charge in [-0.1, -0.05) is 0 Å². The molecule has 2 aromatic carbocycles. The van der Waals surface area contributed by atoms with Gasteiger partial charge in [-0.15, -0.1) is 0 Å². The van der Waals surface area contributed by atoms with Crippen molar-refractivity contribution < 1.29 is 30.4 Å². The van der Waals surface area contributed by atoms with Gasteiger partial charge in [-0.05, 0) is 48.5 Å². The maximum absolute atomic E-state index is 12.2. The van der Waals surface area contributed by atoms with E-state index in [1.165, 1.54) is 36.4 Å². The van der Waals surface area contributed by atoms with E-state index < -0.39 is 26.5 Å². The second-order valence-electron chi connectivity index (χ2n) is 4.75. The summed E-state index contributed by atoms with van der Waals surface area (Å²) in [5, 5.41) is 0. The summed E-state index contributed by atoms with van der Waals surface area (Å²) < 4.78 is 77.7. The van der Waals surface area contributed by atoms with E-state index in [9.17, 15) is 25.6 Å². The smallest absolute Gasteiger partial charge is 0.387 e. The molecule has 10 heteroatoms. The minimum Gasteiger partial charge on any atom is -0.435 e. The normalized spacial score (nSPS) is 12.2. The molecule has 2 rings (SSSR count). The quantitative estimate of drug-likeness (QED) is 0.835. The molecule has 0 heterocycles. The zero-order valence-electron chi connectivity index (χ0n) is 12.3. The lowest BCUT2D eigenvalue weighted by molar-refractivity contribution is -0.0498. The molecule has 24 heavy (non-hydrogen) atoms. The predicted molar refractivity (Wildman–Crippen MR) is 83.4 cm³/mol. The first-order valence-electron chi connectivity index (χ1n) is 6.46. The van der Waals surface area contributed by atoms with E-state index in [-0.39, 0.29) is 21.2 Å². The number of sulfone groups is 1. The number of ether oxygens (including phenoxy) is 1. The van der Waals surface area contributed by atoms with Gasteiger partial charge in [0, 0.05) is 11.9 Å². The molecule has 0 saturated carbocycles. The summed E-state index contributed by atoms with van der Waals surface area (Å²) in [6, 6.07) is 9.60. The maximum Gasteiger partial charge on any atom is 0.387 e. The fourth-order valence-electron chi connectivity index (χ4n) is 1.78. The van der Waals surface area contributed by atoms with Gasteiger partial charge in [-0.25, -0.2) is 16.8 Å². The van der Waals surface area contributed by atoms with Crippen molar-refractivity contribution in [2.24, 2.45) is 0 Å². The fraction of sp³-hybridized carbons (Fsp3) is 0.143. The van der Waals surface area contributed by atoms with Crippen LogP contribution >= 0.6 is 0 Å². The molecular formula is C14H13F2NO5S2. The summed E-state index contributed by atoms with van der Waals surface area (Å²) in [5.41, 5.74) is 0.142. The number of nitrogens with one attached hydrogen (secondary N) is 1. The number of sulfonamides is 1. The van der Waals surface area contributed by atoms with Crippen LogP contribution in [-0.2, 0) is 19.9 Å². The Morgan fingerprint density at radius 1 is 0.875 bits per heavy atom. The van der Waals surface area contributed by atoms with Crippen molar-refractivity contribution in [3.63, 3.8) is 0 Å². The van der Waals surface area contributed by atoms with Gasteiger partial charge in [0.05, 0.1) is 9.79 Å². The monoisotopic (exact) mass is 377 g/mol. The number of hydrogen-bond donors (Lipinski definition) is 1. The van der Waals surface area contributed by atoms with Crippen molar-refractivity contribution in [2.45, 2.75) is 16.4 Å². The summed E-state index contributed by atoms with van der Waals surface area (Å²) >= 11 is 0. The molecule has 0 unspecified atom stereocenters. The largest absolute Gasteiger partial charge is 0.435 e. The van der Waals surface area contributed by atoms with E-state index in [1.807, 2.05) is 0 Å². The summed E-state index contributed by atoms with van der Waals surface area (Å²) in [4.78, 5) is -0.141. The lowest BCUT2D eigenvalue weighted by atomic mass is 10.3. The van der Waals surface area contributed by atoms with Crippen molar-refractivity contribution >= 4 is 25.5 Å². The summed E-state index contributed by atoms with van der Waals surface area (Å²) in [6.45, 7) is -2.97. The minimum atomic E-state index is -3.95. The number of anilines is 1. The van der Waals surface area contributed by atoms with Gasteiger partial charge in [0.1, 0.15) is 5.75 Å². The van der Waals surface area contributed by atoms with Gasteiger partial charge in [0.15, 0.2) is 9.84 Å². The van der Waals surface area contributed by atoms with E-state index in [0.29, 0.717) is 0 Å². The molecule has 2 aromatic rings. The second kappa shape index (κ2) is 6.73. The molecule has 0 aliphatic carbocycles. The molecule has 0 saturated heterocycles. The lowest BCUT2D eigenvalue weighted by Gasteiger charge is -2.10. The third-order valence-electron chi connectivity index (χ3n) is 2.89. The van der Waals surface area contributed by atoms with Crippen LogP contribution in [0.2, 0.25) is 0 Å². The Bertz CT molecular complexity index is 909. The zero-order chi connectivity index (χ0) is 18.0. The van der Waals surface area contributed by atoms with Crippen molar-refractivity contribution in [3.8, 4) is 5.75 Å². The van der Waals surface area contributed by atoms with Crippen LogP contribution in [0.5, 0.6) is 5.75 Å². The van der Waals surface area contributed by atoms with Crippen LogP contribution < -0.4 is 9.46 Å². The van der Waals surface area contributed by atoms with Crippen LogP contribution in [0.15, 0.2) is 58.3 Å². The Morgan fingerprint density at radius 3 is 1.83 bits per heavy atom. The van der Waals surface area contributed by atoms with Crippen molar-refractivity contribution in [1.82, 2.24) is 0 Å². The highest BCUT2D eigenvalue weighted by molar-refractivity contribution is 7.92. The Balaban J connectivity index is 2.19. The summed E-state index contributed by atoms with van der Waals surface area (Å²) in [5.74, 6) is -0.106. The minimum absolute atomic E-state index is 0.00468. The van der Waals surface area contributed by atoms with Gasteiger partial charge < -0.3 is 4.74 Å². The third kappa shape index (κ3) is 4.65. The molecule has 0 spiro atoms. The average Bonchev–Trinajstić information content (AvgIpc) is 2.48. The molecule has 6 nitrogen and oxygen atoms in total. The van der Waals surface area contributed by atoms with Crippen molar-refractivity contribution in [3.05, 3.63) is 48.5 Å². The Kier molecular flexibility index (Phi) is 5.09. The molecule has 0 radical (unpaired) electrons. The van der Waals surface area contributed by atoms with Gasteiger partial charge in [-0.3, -0.25) is 4.72 Å². The first-order chi connectivity index (χ1) is 11.1. The highest BCUT2D eigenvalue weighted by Crippen LogP contribution is 2.21. The predicted octanol–water partition coefficient (Wildman–Crippen LogP) is 2.49. The Morgan fingerprint density at radius 2 is 1.38 bits per heavy atom. The van der Waals surface area contributed by atoms with Crippen LogP contribution in [0.3, 0.4) is 0 Å². The first kappa shape index (κ1) is 18.1. The average molecular weight is 377 g/mol. The molecule has 130 valence electrons. The second-order valence-corrected chi connectivity index (χ2v) is 8.45. The molecule has 0 aliphatic rings. The van der Waals surface area contributed by atoms with E-state index >= 15 is 0 Å². The van der Waals surface area contributed by atoms with Gasteiger partial charge in [0.25, 0.3) is 10.0 Å². The highest BCUT2D eigenvalue weighted by atomic mass is 32.2. The lowest BCUT2D eigenvalue weighted by Crippen LogP contribution is -2.13. The number of alkyl halides is 2. The van der Waals surface area contributed by atoms with E-state index in [2.05, 4.69) is 9.46 Å². The molecule has 0 aliphatic heterocycles. The number of hydrogen-bond acceptors (Lipinski definition) is 5. The topological polar surface area (TPSA) is 89.5 Å². The molecule has 1 N–H and O–H groups in total. The Hall–Kier alpha value is -2.20. The highest BCUT2D eigenvalue weighted by Gasteiger charge is 2.16. The number of halogens is 2. The molecule has 0 amide bonds. The summed E-state index contributed by atoms with van der Waals surface area (Å²) in [6.07, 6.45) is 1.01. The molecule has 0 aromatic heterocycles. The zero-order valence-corrected chi connectivity index (χ0v) is 13.9. The van der Waals surface area contributed by atoms with Crippen molar-refractivity contribution in [2.75, 3.05) is 11.0 Å². The summed E-state index contributed by atoms with van der Waals surface area (Å²) in [7, 11) is -7.37. The number of rotatable bonds is 6. The molecule has 0 bridgehead atoms. The molecular weight excluding hydrogens is 364 g/mol. The van der Waals surface area contributed by atoms with Crippen LogP contribution in [-0.4, -0.2) is 29.7 Å². The van der Waals surface area contributed by atoms with Crippen LogP contribution in [0.25, 0.3) is 0 Å². The van der Waals surface area contributed by atoms with Crippen LogP contribution in [0, 0.1) is 0 Å². The van der Waals surface area contributed by atoms with Crippen molar-refractivity contribution in [1.29, 1.82) is 0 Å².